The van der Waals surface area contributed by atoms with Crippen molar-refractivity contribution in [2.45, 2.75) is 32.4 Å². The lowest BCUT2D eigenvalue weighted by molar-refractivity contribution is 0.0931. The molecule has 0 unspecified atom stereocenters. The van der Waals surface area contributed by atoms with E-state index in [9.17, 15) is 9.59 Å². The van der Waals surface area contributed by atoms with E-state index in [1.54, 1.807) is 13.2 Å². The minimum absolute atomic E-state index is 0.272. The molecule has 3 rings (SSSR count). The summed E-state index contributed by atoms with van der Waals surface area (Å²) in [5.74, 6) is -0.314. The summed E-state index contributed by atoms with van der Waals surface area (Å²) < 4.78 is 6.81. The Labute approximate surface area is 163 Å². The van der Waals surface area contributed by atoms with Gasteiger partial charge < -0.3 is 19.9 Å². The van der Waals surface area contributed by atoms with Crippen LogP contribution in [0.15, 0.2) is 24.3 Å². The van der Waals surface area contributed by atoms with Gasteiger partial charge in [0.1, 0.15) is 5.69 Å². The Bertz CT molecular complexity index is 834. The lowest BCUT2D eigenvalue weighted by Gasteiger charge is -2.17. The maximum atomic E-state index is 12.7. The molecule has 2 N–H and O–H groups in total. The van der Waals surface area contributed by atoms with Crippen molar-refractivity contribution in [3.63, 3.8) is 0 Å². The molecule has 8 heteroatoms. The first-order valence-corrected chi connectivity index (χ1v) is 9.37. The van der Waals surface area contributed by atoms with E-state index in [0.29, 0.717) is 37.0 Å². The van der Waals surface area contributed by atoms with Crippen LogP contribution in [-0.4, -0.2) is 41.6 Å². The molecule has 1 aliphatic rings. The molecule has 0 radical (unpaired) electrons. The van der Waals surface area contributed by atoms with E-state index in [1.807, 2.05) is 22.8 Å². The van der Waals surface area contributed by atoms with Crippen molar-refractivity contribution in [1.29, 1.82) is 0 Å². The number of methoxy groups -OCH3 is 1. The number of carbonyl (C=O) groups excluding carboxylic acids is 2. The Hall–Kier alpha value is -2.38. The van der Waals surface area contributed by atoms with Gasteiger partial charge in [0, 0.05) is 31.8 Å². The van der Waals surface area contributed by atoms with Crippen molar-refractivity contribution in [3.05, 3.63) is 52.1 Å². The summed E-state index contributed by atoms with van der Waals surface area (Å²) in [5.41, 5.74) is 1.98. The van der Waals surface area contributed by atoms with Crippen LogP contribution in [0.1, 0.15) is 45.2 Å². The molecular weight excluding hydrogens is 368 g/mol. The van der Waals surface area contributed by atoms with Gasteiger partial charge in [0.15, 0.2) is 5.82 Å². The average Bonchev–Trinajstić information content (AvgIpc) is 3.07. The van der Waals surface area contributed by atoms with Crippen LogP contribution in [0.25, 0.3) is 0 Å². The number of fused-ring (bicyclic) bond motifs is 1. The molecular formula is C19H23ClN4O3. The van der Waals surface area contributed by atoms with Gasteiger partial charge in [0.25, 0.3) is 11.8 Å². The standard InChI is InChI=1S/C19H23ClN4O3/c1-27-11-9-21-18(25)16-15-8-4-5-10-24(15)17(23-16)19(26)22-12-13-6-2-3-7-14(13)20/h2-3,6-7H,4-5,8-12H2,1H3,(H,21,25)(H,22,26). The summed E-state index contributed by atoms with van der Waals surface area (Å²) in [6.07, 6.45) is 2.67. The number of nitrogens with one attached hydrogen (secondary N) is 2. The normalized spacial score (nSPS) is 13.1. The van der Waals surface area contributed by atoms with Crippen LogP contribution < -0.4 is 10.6 Å². The second kappa shape index (κ2) is 9.01. The highest BCUT2D eigenvalue weighted by molar-refractivity contribution is 6.31. The third-order valence-corrected chi connectivity index (χ3v) is 4.89. The number of amides is 2. The molecule has 1 aromatic heterocycles. The molecule has 0 aliphatic carbocycles. The number of imidazole rings is 1. The fourth-order valence-corrected chi connectivity index (χ4v) is 3.35. The van der Waals surface area contributed by atoms with Crippen molar-refractivity contribution >= 4 is 23.4 Å². The van der Waals surface area contributed by atoms with Gasteiger partial charge in [-0.25, -0.2) is 4.98 Å². The number of carbonyl (C=O) groups is 2. The number of ether oxygens (including phenoxy) is 1. The highest BCUT2D eigenvalue weighted by Gasteiger charge is 2.27. The first kappa shape index (κ1) is 19.4. The van der Waals surface area contributed by atoms with Crippen LogP contribution in [0.3, 0.4) is 0 Å². The summed E-state index contributed by atoms with van der Waals surface area (Å²) in [6.45, 7) is 1.81. The number of rotatable bonds is 7. The Morgan fingerprint density at radius 2 is 2.04 bits per heavy atom. The molecule has 1 aliphatic heterocycles. The highest BCUT2D eigenvalue weighted by Crippen LogP contribution is 2.21. The van der Waals surface area contributed by atoms with Gasteiger partial charge in [0.2, 0.25) is 0 Å². The maximum absolute atomic E-state index is 12.7. The molecule has 7 nitrogen and oxygen atoms in total. The van der Waals surface area contributed by atoms with Crippen LogP contribution in [-0.2, 0) is 24.2 Å². The molecule has 1 aromatic carbocycles. The summed E-state index contributed by atoms with van der Waals surface area (Å²) in [5, 5.41) is 6.23. The Balaban J connectivity index is 1.77. The largest absolute Gasteiger partial charge is 0.383 e. The second-order valence-corrected chi connectivity index (χ2v) is 6.77. The lowest BCUT2D eigenvalue weighted by atomic mass is 10.1. The van der Waals surface area contributed by atoms with E-state index in [2.05, 4.69) is 15.6 Å². The first-order chi connectivity index (χ1) is 13.1. The minimum Gasteiger partial charge on any atom is -0.383 e. The molecule has 2 amide bonds. The van der Waals surface area contributed by atoms with E-state index in [0.717, 1.165) is 30.5 Å². The predicted molar refractivity (Wildman–Crippen MR) is 102 cm³/mol. The number of nitrogens with zero attached hydrogens (tertiary/aromatic N) is 2. The smallest absolute Gasteiger partial charge is 0.287 e. The highest BCUT2D eigenvalue weighted by atomic mass is 35.5. The SMILES string of the molecule is COCCNC(=O)c1nc(C(=O)NCc2ccccc2Cl)n2c1CCCC2. The topological polar surface area (TPSA) is 85.2 Å². The van der Waals surface area contributed by atoms with Crippen LogP contribution in [0, 0.1) is 0 Å². The monoisotopic (exact) mass is 390 g/mol. The number of halogens is 1. The molecule has 0 bridgehead atoms. The lowest BCUT2D eigenvalue weighted by Crippen LogP contribution is -2.28. The molecule has 144 valence electrons. The number of aromatic nitrogens is 2. The minimum atomic E-state index is -0.311. The van der Waals surface area contributed by atoms with Gasteiger partial charge in [-0.3, -0.25) is 9.59 Å². The predicted octanol–water partition coefficient (Wildman–Crippen LogP) is 2.18. The van der Waals surface area contributed by atoms with Crippen molar-refractivity contribution in [1.82, 2.24) is 20.2 Å². The maximum Gasteiger partial charge on any atom is 0.287 e. The van der Waals surface area contributed by atoms with Crippen molar-refractivity contribution in [3.8, 4) is 0 Å². The molecule has 0 atom stereocenters. The number of hydrogen-bond donors (Lipinski definition) is 2. The molecule has 0 fully saturated rings. The van der Waals surface area contributed by atoms with Gasteiger partial charge in [-0.05, 0) is 30.9 Å². The van der Waals surface area contributed by atoms with Crippen molar-refractivity contribution in [2.75, 3.05) is 20.3 Å². The van der Waals surface area contributed by atoms with Gasteiger partial charge >= 0.3 is 0 Å². The zero-order valence-electron chi connectivity index (χ0n) is 15.3. The van der Waals surface area contributed by atoms with Gasteiger partial charge in [-0.15, -0.1) is 0 Å². The third kappa shape index (κ3) is 4.48. The third-order valence-electron chi connectivity index (χ3n) is 4.52. The van der Waals surface area contributed by atoms with E-state index < -0.39 is 0 Å². The average molecular weight is 391 g/mol. The fourth-order valence-electron chi connectivity index (χ4n) is 3.14. The van der Waals surface area contributed by atoms with E-state index in [-0.39, 0.29) is 17.6 Å². The van der Waals surface area contributed by atoms with Crippen LogP contribution >= 0.6 is 11.6 Å². The van der Waals surface area contributed by atoms with E-state index in [1.165, 1.54) is 0 Å². The Kier molecular flexibility index (Phi) is 6.47. The van der Waals surface area contributed by atoms with Crippen LogP contribution in [0.4, 0.5) is 0 Å². The zero-order valence-corrected chi connectivity index (χ0v) is 16.0. The van der Waals surface area contributed by atoms with Crippen molar-refractivity contribution in [2.24, 2.45) is 0 Å². The number of benzene rings is 1. The summed E-state index contributed by atoms with van der Waals surface area (Å²) in [7, 11) is 1.58. The van der Waals surface area contributed by atoms with Crippen LogP contribution in [0.5, 0.6) is 0 Å². The summed E-state index contributed by atoms with van der Waals surface area (Å²) in [4.78, 5) is 29.5. The van der Waals surface area contributed by atoms with Crippen molar-refractivity contribution < 1.29 is 14.3 Å². The van der Waals surface area contributed by atoms with Gasteiger partial charge in [-0.2, -0.15) is 0 Å². The second-order valence-electron chi connectivity index (χ2n) is 6.36. The van der Waals surface area contributed by atoms with E-state index in [4.69, 9.17) is 16.3 Å². The molecule has 0 saturated heterocycles. The summed E-state index contributed by atoms with van der Waals surface area (Å²) >= 11 is 6.14. The number of hydrogen-bond acceptors (Lipinski definition) is 4. The quantitative estimate of drug-likeness (QED) is 0.709. The molecule has 2 heterocycles. The molecule has 0 spiro atoms. The molecule has 0 saturated carbocycles. The molecule has 2 aromatic rings. The zero-order chi connectivity index (χ0) is 19.2. The van der Waals surface area contributed by atoms with Crippen LogP contribution in [0.2, 0.25) is 5.02 Å². The fraction of sp³-hybridized carbons (Fsp3) is 0.421. The van der Waals surface area contributed by atoms with E-state index >= 15 is 0 Å². The van der Waals surface area contributed by atoms with Gasteiger partial charge in [-0.1, -0.05) is 29.8 Å². The first-order valence-electron chi connectivity index (χ1n) is 9.00. The molecule has 27 heavy (non-hydrogen) atoms. The summed E-state index contributed by atoms with van der Waals surface area (Å²) in [6, 6.07) is 7.35. The Morgan fingerprint density at radius 3 is 2.81 bits per heavy atom. The Morgan fingerprint density at radius 1 is 1.22 bits per heavy atom. The van der Waals surface area contributed by atoms with Gasteiger partial charge in [0.05, 0.1) is 12.3 Å².